The number of methoxy groups -OCH3 is 2. The average Bonchev–Trinajstić information content (AvgIpc) is 3.27. The molecule has 0 bridgehead atoms. The molecule has 3 rings (SSSR count). The molecule has 1 heterocycles. The molecule has 170 valence electrons. The molecule has 0 aliphatic carbocycles. The molecular formula is C23H24F3N3O3. The zero-order chi connectivity index (χ0) is 23.5. The van der Waals surface area contributed by atoms with E-state index in [2.05, 4.69) is 10.4 Å². The fourth-order valence-corrected chi connectivity index (χ4v) is 3.15. The molecule has 0 atom stereocenters. The summed E-state index contributed by atoms with van der Waals surface area (Å²) in [4.78, 5) is 12.8. The van der Waals surface area contributed by atoms with E-state index in [1.165, 1.54) is 16.8 Å². The first-order valence-corrected chi connectivity index (χ1v) is 9.78. The van der Waals surface area contributed by atoms with Crippen LogP contribution < -0.4 is 14.8 Å². The van der Waals surface area contributed by atoms with Crippen LogP contribution in [0.15, 0.2) is 54.9 Å². The number of benzene rings is 2. The van der Waals surface area contributed by atoms with E-state index >= 15 is 0 Å². The van der Waals surface area contributed by atoms with Gasteiger partial charge in [-0.15, -0.1) is 0 Å². The topological polar surface area (TPSA) is 65.4 Å². The average molecular weight is 447 g/mol. The maximum Gasteiger partial charge on any atom is 0.416 e. The summed E-state index contributed by atoms with van der Waals surface area (Å²) in [5.74, 6) is 0.783. The van der Waals surface area contributed by atoms with Gasteiger partial charge in [0.2, 0.25) is 5.91 Å². The minimum atomic E-state index is -4.44. The van der Waals surface area contributed by atoms with Crippen LogP contribution in [0.4, 0.5) is 13.2 Å². The molecule has 0 saturated carbocycles. The fraction of sp³-hybridized carbons (Fsp3) is 0.304. The fourth-order valence-electron chi connectivity index (χ4n) is 3.15. The lowest BCUT2D eigenvalue weighted by molar-refractivity contribution is -0.137. The Morgan fingerprint density at radius 2 is 1.75 bits per heavy atom. The van der Waals surface area contributed by atoms with Crippen LogP contribution in [0.2, 0.25) is 0 Å². The van der Waals surface area contributed by atoms with Gasteiger partial charge in [-0.25, -0.2) is 0 Å². The van der Waals surface area contributed by atoms with Crippen molar-refractivity contribution in [3.63, 3.8) is 0 Å². The van der Waals surface area contributed by atoms with Gasteiger partial charge in [0.25, 0.3) is 0 Å². The lowest BCUT2D eigenvalue weighted by atomic mass is 10.0. The van der Waals surface area contributed by atoms with Gasteiger partial charge in [0.15, 0.2) is 11.5 Å². The van der Waals surface area contributed by atoms with E-state index in [-0.39, 0.29) is 12.5 Å². The maximum absolute atomic E-state index is 12.9. The summed E-state index contributed by atoms with van der Waals surface area (Å²) < 4.78 is 50.8. The molecule has 9 heteroatoms. The Morgan fingerprint density at radius 1 is 1.03 bits per heavy atom. The Labute approximate surface area is 184 Å². The smallest absolute Gasteiger partial charge is 0.416 e. The van der Waals surface area contributed by atoms with Gasteiger partial charge in [0, 0.05) is 18.3 Å². The Morgan fingerprint density at radius 3 is 2.41 bits per heavy atom. The molecule has 1 aromatic heterocycles. The summed E-state index contributed by atoms with van der Waals surface area (Å²) in [6.45, 7) is 3.33. The first-order valence-electron chi connectivity index (χ1n) is 9.78. The van der Waals surface area contributed by atoms with Crippen LogP contribution >= 0.6 is 0 Å². The highest BCUT2D eigenvalue weighted by molar-refractivity contribution is 5.83. The molecule has 0 aliphatic heterocycles. The van der Waals surface area contributed by atoms with Gasteiger partial charge in [-0.2, -0.15) is 18.3 Å². The van der Waals surface area contributed by atoms with Crippen molar-refractivity contribution in [3.05, 3.63) is 66.0 Å². The number of alkyl halides is 3. The van der Waals surface area contributed by atoms with E-state index in [9.17, 15) is 18.0 Å². The SMILES string of the molecule is COc1ccc(-c2cnn(C(C)(C)C(=O)NCc3cccc(C(F)(F)F)c3)c2)cc1OC. The predicted octanol–water partition coefficient (Wildman–Crippen LogP) is 4.64. The van der Waals surface area contributed by atoms with Crippen LogP contribution in [-0.2, 0) is 23.1 Å². The minimum absolute atomic E-state index is 0.0318. The Balaban J connectivity index is 1.74. The number of nitrogens with zero attached hydrogens (tertiary/aromatic N) is 2. The Hall–Kier alpha value is -3.49. The van der Waals surface area contributed by atoms with Crippen LogP contribution in [0, 0.1) is 0 Å². The Kier molecular flexibility index (Phi) is 6.47. The van der Waals surface area contributed by atoms with Crippen LogP contribution in [0.1, 0.15) is 25.0 Å². The highest BCUT2D eigenvalue weighted by atomic mass is 19.4. The number of nitrogens with one attached hydrogen (secondary N) is 1. The monoisotopic (exact) mass is 447 g/mol. The molecule has 0 spiro atoms. The second kappa shape index (κ2) is 8.94. The van der Waals surface area contributed by atoms with Crippen molar-refractivity contribution in [2.24, 2.45) is 0 Å². The Bertz CT molecular complexity index is 1110. The molecule has 1 N–H and O–H groups in total. The number of hydrogen-bond acceptors (Lipinski definition) is 4. The van der Waals surface area contributed by atoms with Crippen LogP contribution in [0.25, 0.3) is 11.1 Å². The van der Waals surface area contributed by atoms with Crippen molar-refractivity contribution in [2.45, 2.75) is 32.1 Å². The molecule has 1 amide bonds. The van der Waals surface area contributed by atoms with Gasteiger partial charge in [-0.3, -0.25) is 9.48 Å². The van der Waals surface area contributed by atoms with Crippen molar-refractivity contribution in [3.8, 4) is 22.6 Å². The van der Waals surface area contributed by atoms with E-state index in [0.717, 1.165) is 23.3 Å². The largest absolute Gasteiger partial charge is 0.493 e. The van der Waals surface area contributed by atoms with Gasteiger partial charge in [-0.1, -0.05) is 18.2 Å². The number of carbonyl (C=O) groups is 1. The molecule has 2 aromatic carbocycles. The van der Waals surface area contributed by atoms with Gasteiger partial charge < -0.3 is 14.8 Å². The molecular weight excluding hydrogens is 423 g/mol. The summed E-state index contributed by atoms with van der Waals surface area (Å²) in [5.41, 5.74) is 0.126. The third kappa shape index (κ3) is 4.87. The summed E-state index contributed by atoms with van der Waals surface area (Å²) >= 11 is 0. The van der Waals surface area contributed by atoms with Crippen molar-refractivity contribution in [2.75, 3.05) is 14.2 Å². The second-order valence-electron chi connectivity index (χ2n) is 7.68. The van der Waals surface area contributed by atoms with E-state index in [4.69, 9.17) is 9.47 Å². The molecule has 0 radical (unpaired) electrons. The zero-order valence-electron chi connectivity index (χ0n) is 18.2. The molecule has 0 aliphatic rings. The molecule has 0 fully saturated rings. The van der Waals surface area contributed by atoms with E-state index in [0.29, 0.717) is 17.1 Å². The van der Waals surface area contributed by atoms with Crippen molar-refractivity contribution < 1.29 is 27.4 Å². The standard InChI is InChI=1S/C23H24F3N3O3/c1-22(2,21(30)27-12-15-6-5-7-18(10-15)23(24,25)26)29-14-17(13-28-29)16-8-9-19(31-3)20(11-16)32-4/h5-11,13-14H,12H2,1-4H3,(H,27,30). The second-order valence-corrected chi connectivity index (χ2v) is 7.68. The molecule has 0 saturated heterocycles. The third-order valence-corrected chi connectivity index (χ3v) is 5.14. The molecule has 0 unspecified atom stereocenters. The molecule has 6 nitrogen and oxygen atoms in total. The molecule has 32 heavy (non-hydrogen) atoms. The van der Waals surface area contributed by atoms with Crippen molar-refractivity contribution in [1.82, 2.24) is 15.1 Å². The lowest BCUT2D eigenvalue weighted by Gasteiger charge is -2.24. The third-order valence-electron chi connectivity index (χ3n) is 5.14. The summed E-state index contributed by atoms with van der Waals surface area (Å²) in [6, 6.07) is 10.3. The first kappa shape index (κ1) is 23.2. The van der Waals surface area contributed by atoms with Gasteiger partial charge >= 0.3 is 6.18 Å². The minimum Gasteiger partial charge on any atom is -0.493 e. The number of halogens is 3. The van der Waals surface area contributed by atoms with Gasteiger partial charge in [0.05, 0.1) is 26.0 Å². The van der Waals surface area contributed by atoms with Crippen molar-refractivity contribution in [1.29, 1.82) is 0 Å². The van der Waals surface area contributed by atoms with Gasteiger partial charge in [-0.05, 0) is 49.2 Å². The highest BCUT2D eigenvalue weighted by Gasteiger charge is 2.32. The van der Waals surface area contributed by atoms with E-state index in [1.807, 2.05) is 6.07 Å². The zero-order valence-corrected chi connectivity index (χ0v) is 18.2. The van der Waals surface area contributed by atoms with Crippen LogP contribution in [0.3, 0.4) is 0 Å². The summed E-state index contributed by atoms with van der Waals surface area (Å²) in [7, 11) is 3.10. The van der Waals surface area contributed by atoms with Crippen molar-refractivity contribution >= 4 is 5.91 Å². The molecule has 3 aromatic rings. The summed E-state index contributed by atoms with van der Waals surface area (Å²) in [6.07, 6.45) is -1.08. The normalized spacial score (nSPS) is 11.8. The van der Waals surface area contributed by atoms with Crippen LogP contribution in [0.5, 0.6) is 11.5 Å². The highest BCUT2D eigenvalue weighted by Crippen LogP contribution is 2.33. The lowest BCUT2D eigenvalue weighted by Crippen LogP contribution is -2.44. The number of ether oxygens (including phenoxy) is 2. The van der Waals surface area contributed by atoms with Gasteiger partial charge in [0.1, 0.15) is 5.54 Å². The first-order chi connectivity index (χ1) is 15.1. The predicted molar refractivity (Wildman–Crippen MR) is 113 cm³/mol. The number of rotatable bonds is 7. The number of amides is 1. The number of hydrogen-bond donors (Lipinski definition) is 1. The maximum atomic E-state index is 12.9. The number of aromatic nitrogens is 2. The van der Waals surface area contributed by atoms with E-state index < -0.39 is 17.3 Å². The van der Waals surface area contributed by atoms with E-state index in [1.54, 1.807) is 52.6 Å². The summed E-state index contributed by atoms with van der Waals surface area (Å²) in [5, 5.41) is 7.01. The number of carbonyl (C=O) groups excluding carboxylic acids is 1. The van der Waals surface area contributed by atoms with Crippen LogP contribution in [-0.4, -0.2) is 29.9 Å². The quantitative estimate of drug-likeness (QED) is 0.573.